The third kappa shape index (κ3) is 3.36. The molecule has 22 heavy (non-hydrogen) atoms. The minimum absolute atomic E-state index is 0.104. The maximum atomic E-state index is 12.4. The number of pyridine rings is 1. The van der Waals surface area contributed by atoms with Gasteiger partial charge in [0.2, 0.25) is 0 Å². The van der Waals surface area contributed by atoms with Gasteiger partial charge in [0, 0.05) is 34.4 Å². The Morgan fingerprint density at radius 2 is 2.09 bits per heavy atom. The van der Waals surface area contributed by atoms with Crippen molar-refractivity contribution in [2.24, 2.45) is 0 Å². The van der Waals surface area contributed by atoms with Crippen LogP contribution in [0.15, 0.2) is 67.1 Å². The molecule has 4 nitrogen and oxygen atoms in total. The summed E-state index contributed by atoms with van der Waals surface area (Å²) in [5.74, 6) is -0.104. The Labute approximate surface area is 142 Å². The maximum absolute atomic E-state index is 12.4. The van der Waals surface area contributed by atoms with Crippen molar-refractivity contribution in [3.8, 4) is 5.69 Å². The number of rotatable bonds is 4. The van der Waals surface area contributed by atoms with E-state index in [0.717, 1.165) is 14.8 Å². The average Bonchev–Trinajstić information content (AvgIpc) is 3.03. The van der Waals surface area contributed by atoms with Crippen molar-refractivity contribution in [1.82, 2.24) is 14.9 Å². The number of nitrogens with zero attached hydrogens (tertiary/aromatic N) is 2. The summed E-state index contributed by atoms with van der Waals surface area (Å²) in [6.45, 7) is 0.462. The predicted molar refractivity (Wildman–Crippen MR) is 93.9 cm³/mol. The Morgan fingerprint density at radius 1 is 1.18 bits per heavy atom. The first kappa shape index (κ1) is 14.8. The minimum atomic E-state index is -0.104. The van der Waals surface area contributed by atoms with Gasteiger partial charge in [0.1, 0.15) is 5.69 Å². The highest BCUT2D eigenvalue weighted by atomic mass is 127. The van der Waals surface area contributed by atoms with Gasteiger partial charge in [0.25, 0.3) is 5.91 Å². The molecule has 0 unspecified atom stereocenters. The van der Waals surface area contributed by atoms with Crippen LogP contribution in [-0.4, -0.2) is 15.5 Å². The first-order valence-corrected chi connectivity index (χ1v) is 7.92. The molecule has 3 rings (SSSR count). The van der Waals surface area contributed by atoms with E-state index in [1.165, 1.54) is 0 Å². The number of carbonyl (C=O) groups excluding carboxylic acids is 1. The quantitative estimate of drug-likeness (QED) is 0.679. The molecule has 0 radical (unpaired) electrons. The molecule has 1 amide bonds. The Kier molecular flexibility index (Phi) is 4.53. The van der Waals surface area contributed by atoms with Crippen LogP contribution in [0, 0.1) is 3.57 Å². The van der Waals surface area contributed by atoms with Crippen LogP contribution < -0.4 is 5.32 Å². The number of hydrogen-bond acceptors (Lipinski definition) is 2. The van der Waals surface area contributed by atoms with Crippen LogP contribution in [-0.2, 0) is 6.54 Å². The molecule has 2 heterocycles. The van der Waals surface area contributed by atoms with Crippen molar-refractivity contribution in [2.75, 3.05) is 0 Å². The van der Waals surface area contributed by atoms with Crippen LogP contribution >= 0.6 is 22.6 Å². The Morgan fingerprint density at radius 3 is 2.86 bits per heavy atom. The van der Waals surface area contributed by atoms with Gasteiger partial charge in [0.15, 0.2) is 0 Å². The predicted octanol–water partition coefficient (Wildman–Crippen LogP) is 3.41. The average molecular weight is 403 g/mol. The third-order valence-electron chi connectivity index (χ3n) is 3.24. The Hall–Kier alpha value is -2.15. The van der Waals surface area contributed by atoms with E-state index in [2.05, 4.69) is 32.9 Å². The van der Waals surface area contributed by atoms with E-state index in [1.807, 2.05) is 59.3 Å². The molecule has 1 aromatic carbocycles. The molecule has 2 aromatic heterocycles. The van der Waals surface area contributed by atoms with Crippen LogP contribution in [0.25, 0.3) is 5.69 Å². The molecule has 0 bridgehead atoms. The molecule has 0 aliphatic carbocycles. The monoisotopic (exact) mass is 403 g/mol. The second kappa shape index (κ2) is 6.74. The summed E-state index contributed by atoms with van der Waals surface area (Å²) in [6, 6.07) is 15.5. The molecule has 1 N–H and O–H groups in total. The number of nitrogens with one attached hydrogen (secondary N) is 1. The molecular weight excluding hydrogens is 389 g/mol. The number of benzene rings is 1. The van der Waals surface area contributed by atoms with Crippen molar-refractivity contribution in [1.29, 1.82) is 0 Å². The molecule has 5 heteroatoms. The van der Waals surface area contributed by atoms with E-state index in [-0.39, 0.29) is 5.91 Å². The van der Waals surface area contributed by atoms with Crippen LogP contribution in [0.2, 0.25) is 0 Å². The van der Waals surface area contributed by atoms with Crippen LogP contribution in [0.4, 0.5) is 0 Å². The zero-order chi connectivity index (χ0) is 15.4. The highest BCUT2D eigenvalue weighted by molar-refractivity contribution is 14.1. The summed E-state index contributed by atoms with van der Waals surface area (Å²) < 4.78 is 3.02. The zero-order valence-corrected chi connectivity index (χ0v) is 13.9. The van der Waals surface area contributed by atoms with Gasteiger partial charge in [0.05, 0.1) is 0 Å². The van der Waals surface area contributed by atoms with E-state index in [0.29, 0.717) is 12.2 Å². The summed E-state index contributed by atoms with van der Waals surface area (Å²) in [7, 11) is 0. The lowest BCUT2D eigenvalue weighted by Crippen LogP contribution is -2.25. The number of amides is 1. The second-order valence-corrected chi connectivity index (χ2v) is 6.03. The van der Waals surface area contributed by atoms with E-state index >= 15 is 0 Å². The molecule has 0 saturated carbocycles. The number of hydrogen-bond donors (Lipinski definition) is 1. The van der Waals surface area contributed by atoms with Crippen LogP contribution in [0.5, 0.6) is 0 Å². The van der Waals surface area contributed by atoms with Gasteiger partial charge < -0.3 is 9.88 Å². The molecule has 110 valence electrons. The molecule has 0 aliphatic rings. The highest BCUT2D eigenvalue weighted by Crippen LogP contribution is 2.15. The summed E-state index contributed by atoms with van der Waals surface area (Å²) in [4.78, 5) is 16.4. The van der Waals surface area contributed by atoms with Crippen LogP contribution in [0.3, 0.4) is 0 Å². The number of aromatic nitrogens is 2. The van der Waals surface area contributed by atoms with Gasteiger partial charge in [-0.05, 0) is 64.6 Å². The fourth-order valence-corrected chi connectivity index (χ4v) is 2.72. The lowest BCUT2D eigenvalue weighted by atomic mass is 10.2. The molecule has 0 atom stereocenters. The lowest BCUT2D eigenvalue weighted by molar-refractivity contribution is 0.0944. The second-order valence-electron chi connectivity index (χ2n) is 4.79. The first-order valence-electron chi connectivity index (χ1n) is 6.84. The largest absolute Gasteiger partial charge is 0.347 e. The van der Waals surface area contributed by atoms with E-state index in [1.54, 1.807) is 12.4 Å². The van der Waals surface area contributed by atoms with Gasteiger partial charge in [-0.2, -0.15) is 0 Å². The van der Waals surface area contributed by atoms with Gasteiger partial charge >= 0.3 is 0 Å². The minimum Gasteiger partial charge on any atom is -0.347 e. The molecular formula is C17H14IN3O. The number of halogens is 1. The fraction of sp³-hybridized carbons (Fsp3) is 0.0588. The van der Waals surface area contributed by atoms with Gasteiger partial charge in [-0.3, -0.25) is 9.78 Å². The van der Waals surface area contributed by atoms with Gasteiger partial charge in [-0.25, -0.2) is 0 Å². The summed E-state index contributed by atoms with van der Waals surface area (Å²) in [6.07, 6.45) is 5.36. The van der Waals surface area contributed by atoms with Gasteiger partial charge in [-0.15, -0.1) is 0 Å². The molecule has 0 saturated heterocycles. The fourth-order valence-electron chi connectivity index (χ4n) is 2.19. The normalized spacial score (nSPS) is 10.4. The van der Waals surface area contributed by atoms with Crippen LogP contribution in [0.1, 0.15) is 16.1 Å². The zero-order valence-electron chi connectivity index (χ0n) is 11.7. The van der Waals surface area contributed by atoms with E-state index in [9.17, 15) is 4.79 Å². The standard InChI is InChI=1S/C17H14IN3O/c18-14-5-1-6-15(10-14)21-9-3-7-16(21)17(22)20-12-13-4-2-8-19-11-13/h1-11H,12H2,(H,20,22). The molecule has 0 spiro atoms. The highest BCUT2D eigenvalue weighted by Gasteiger charge is 2.11. The number of carbonyl (C=O) groups is 1. The first-order chi connectivity index (χ1) is 10.7. The Bertz CT molecular complexity index is 783. The molecule has 3 aromatic rings. The molecule has 0 fully saturated rings. The van der Waals surface area contributed by atoms with E-state index in [4.69, 9.17) is 0 Å². The van der Waals surface area contributed by atoms with Crippen molar-refractivity contribution in [3.05, 3.63) is 81.9 Å². The SMILES string of the molecule is O=C(NCc1cccnc1)c1cccn1-c1cccc(I)c1. The summed E-state index contributed by atoms with van der Waals surface area (Å²) in [5, 5.41) is 2.92. The third-order valence-corrected chi connectivity index (χ3v) is 3.91. The maximum Gasteiger partial charge on any atom is 0.268 e. The smallest absolute Gasteiger partial charge is 0.268 e. The van der Waals surface area contributed by atoms with E-state index < -0.39 is 0 Å². The van der Waals surface area contributed by atoms with Crippen molar-refractivity contribution >= 4 is 28.5 Å². The topological polar surface area (TPSA) is 46.9 Å². The summed E-state index contributed by atoms with van der Waals surface area (Å²) >= 11 is 2.26. The van der Waals surface area contributed by atoms with Gasteiger partial charge in [-0.1, -0.05) is 12.1 Å². The summed E-state index contributed by atoms with van der Waals surface area (Å²) in [5.41, 5.74) is 2.57. The van der Waals surface area contributed by atoms with Crippen molar-refractivity contribution < 1.29 is 4.79 Å². The van der Waals surface area contributed by atoms with Crippen molar-refractivity contribution in [2.45, 2.75) is 6.54 Å². The lowest BCUT2D eigenvalue weighted by Gasteiger charge is -2.10. The molecule has 0 aliphatic heterocycles. The Balaban J connectivity index is 1.78. The van der Waals surface area contributed by atoms with Crippen molar-refractivity contribution in [3.63, 3.8) is 0 Å².